The maximum absolute atomic E-state index is 11.5. The first-order valence-electron chi connectivity index (χ1n) is 5.14. The fourth-order valence-electron chi connectivity index (χ4n) is 1.25. The molecule has 1 aromatic rings. The van der Waals surface area contributed by atoms with Crippen molar-refractivity contribution < 1.29 is 8.42 Å². The predicted molar refractivity (Wildman–Crippen MR) is 62.4 cm³/mol. The van der Waals surface area contributed by atoms with Crippen molar-refractivity contribution in [3.63, 3.8) is 0 Å². The van der Waals surface area contributed by atoms with Crippen LogP contribution in [0.5, 0.6) is 0 Å². The maximum atomic E-state index is 11.5. The van der Waals surface area contributed by atoms with Crippen LogP contribution in [0.4, 0.5) is 0 Å². The predicted octanol–water partition coefficient (Wildman–Crippen LogP) is -0.551. The minimum absolute atomic E-state index is 0.140. The molecule has 0 aliphatic heterocycles. The van der Waals surface area contributed by atoms with Crippen LogP contribution in [0.1, 0.15) is 12.1 Å². The van der Waals surface area contributed by atoms with Gasteiger partial charge in [0.05, 0.1) is 18.0 Å². The van der Waals surface area contributed by atoms with Gasteiger partial charge in [-0.05, 0) is 26.1 Å². The van der Waals surface area contributed by atoms with Crippen LogP contribution in [0.3, 0.4) is 0 Å². The second-order valence-electron chi connectivity index (χ2n) is 3.58. The highest BCUT2D eigenvalue weighted by atomic mass is 32.2. The summed E-state index contributed by atoms with van der Waals surface area (Å²) in [4.78, 5) is 0. The van der Waals surface area contributed by atoms with Gasteiger partial charge in [-0.2, -0.15) is 5.10 Å². The van der Waals surface area contributed by atoms with Gasteiger partial charge in [-0.1, -0.05) is 0 Å². The molecule has 0 amide bonds. The van der Waals surface area contributed by atoms with E-state index in [0.29, 0.717) is 13.0 Å². The van der Waals surface area contributed by atoms with Crippen molar-refractivity contribution in [1.29, 1.82) is 0 Å². The van der Waals surface area contributed by atoms with E-state index in [4.69, 9.17) is 0 Å². The van der Waals surface area contributed by atoms with Crippen LogP contribution in [-0.2, 0) is 23.6 Å². The van der Waals surface area contributed by atoms with E-state index in [2.05, 4.69) is 15.1 Å². The number of rotatable bonds is 7. The van der Waals surface area contributed by atoms with Gasteiger partial charge in [0.15, 0.2) is 0 Å². The Bertz CT molecular complexity index is 413. The number of aryl methyl sites for hydroxylation is 1. The van der Waals surface area contributed by atoms with Gasteiger partial charge in [-0.3, -0.25) is 4.68 Å². The molecular formula is C9H18N4O2S. The summed E-state index contributed by atoms with van der Waals surface area (Å²) in [5.74, 6) is 0.140. The Morgan fingerprint density at radius 1 is 1.50 bits per heavy atom. The highest BCUT2D eigenvalue weighted by Gasteiger charge is 2.09. The fraction of sp³-hybridized carbons (Fsp3) is 0.667. The smallest absolute Gasteiger partial charge is 0.211 e. The minimum Gasteiger partial charge on any atom is -0.320 e. The molecule has 7 heteroatoms. The molecule has 0 bridgehead atoms. The fourth-order valence-corrected chi connectivity index (χ4v) is 2.29. The first kappa shape index (κ1) is 13.1. The van der Waals surface area contributed by atoms with Crippen LogP contribution >= 0.6 is 0 Å². The molecule has 0 aromatic carbocycles. The average molecular weight is 246 g/mol. The van der Waals surface area contributed by atoms with Gasteiger partial charge in [-0.25, -0.2) is 13.1 Å². The zero-order valence-corrected chi connectivity index (χ0v) is 10.4. The molecule has 0 saturated carbocycles. The summed E-state index contributed by atoms with van der Waals surface area (Å²) in [6, 6.07) is 1.79. The molecule has 0 radical (unpaired) electrons. The largest absolute Gasteiger partial charge is 0.320 e. The summed E-state index contributed by atoms with van der Waals surface area (Å²) in [7, 11) is 0.414. The lowest BCUT2D eigenvalue weighted by molar-refractivity contribution is 0.575. The Balaban J connectivity index is 2.36. The van der Waals surface area contributed by atoms with E-state index in [0.717, 1.165) is 5.69 Å². The Hall–Kier alpha value is -0.920. The van der Waals surface area contributed by atoms with E-state index in [9.17, 15) is 8.42 Å². The lowest BCUT2D eigenvalue weighted by Crippen LogP contribution is -2.27. The summed E-state index contributed by atoms with van der Waals surface area (Å²) in [6.07, 6.45) is 2.39. The van der Waals surface area contributed by atoms with Crippen LogP contribution in [0.2, 0.25) is 0 Å². The molecule has 0 atom stereocenters. The molecule has 0 aliphatic carbocycles. The van der Waals surface area contributed by atoms with Crippen molar-refractivity contribution in [1.82, 2.24) is 19.8 Å². The molecule has 0 spiro atoms. The molecule has 16 heavy (non-hydrogen) atoms. The molecule has 1 rings (SSSR count). The van der Waals surface area contributed by atoms with Crippen molar-refractivity contribution >= 4 is 10.0 Å². The summed E-state index contributed by atoms with van der Waals surface area (Å²) >= 11 is 0. The maximum Gasteiger partial charge on any atom is 0.211 e. The van der Waals surface area contributed by atoms with Gasteiger partial charge < -0.3 is 5.32 Å². The van der Waals surface area contributed by atoms with Gasteiger partial charge >= 0.3 is 0 Å². The van der Waals surface area contributed by atoms with Crippen LogP contribution in [0.15, 0.2) is 12.3 Å². The van der Waals surface area contributed by atoms with Crippen LogP contribution in [0, 0.1) is 0 Å². The zero-order chi connectivity index (χ0) is 12.0. The molecule has 1 heterocycles. The van der Waals surface area contributed by atoms with Gasteiger partial charge in [0.2, 0.25) is 10.0 Å². The third-order valence-electron chi connectivity index (χ3n) is 2.08. The minimum atomic E-state index is -3.18. The van der Waals surface area contributed by atoms with Crippen LogP contribution in [0.25, 0.3) is 0 Å². The molecule has 0 unspecified atom stereocenters. The van der Waals surface area contributed by atoms with E-state index in [1.54, 1.807) is 31.0 Å². The van der Waals surface area contributed by atoms with Crippen molar-refractivity contribution in [3.05, 3.63) is 18.0 Å². The van der Waals surface area contributed by atoms with Crippen LogP contribution < -0.4 is 10.0 Å². The SMILES string of the molecule is CNCCCS(=O)(=O)NCc1ccn(C)n1. The first-order chi connectivity index (χ1) is 7.53. The van der Waals surface area contributed by atoms with Gasteiger partial charge in [0.1, 0.15) is 0 Å². The molecule has 0 saturated heterocycles. The molecule has 1 aromatic heterocycles. The number of hydrogen-bond donors (Lipinski definition) is 2. The van der Waals surface area contributed by atoms with Crippen molar-refractivity contribution in [2.45, 2.75) is 13.0 Å². The highest BCUT2D eigenvalue weighted by molar-refractivity contribution is 7.89. The zero-order valence-electron chi connectivity index (χ0n) is 9.60. The normalized spacial score (nSPS) is 11.9. The summed E-state index contributed by atoms with van der Waals surface area (Å²) in [5, 5.41) is 7.00. The molecule has 6 nitrogen and oxygen atoms in total. The number of sulfonamides is 1. The Kier molecular flexibility index (Phi) is 4.91. The average Bonchev–Trinajstić information content (AvgIpc) is 2.62. The third-order valence-corrected chi connectivity index (χ3v) is 3.49. The van der Waals surface area contributed by atoms with E-state index < -0.39 is 10.0 Å². The van der Waals surface area contributed by atoms with E-state index in [1.807, 2.05) is 0 Å². The lowest BCUT2D eigenvalue weighted by Gasteiger charge is -2.04. The Labute approximate surface area is 96.1 Å². The van der Waals surface area contributed by atoms with Crippen molar-refractivity contribution in [2.24, 2.45) is 7.05 Å². The van der Waals surface area contributed by atoms with Crippen molar-refractivity contribution in [2.75, 3.05) is 19.3 Å². The Morgan fingerprint density at radius 3 is 2.81 bits per heavy atom. The standard InChI is InChI=1S/C9H18N4O2S/c1-10-5-3-7-16(14,15)11-8-9-4-6-13(2)12-9/h4,6,10-11H,3,5,7-8H2,1-2H3. The topological polar surface area (TPSA) is 76.0 Å². The lowest BCUT2D eigenvalue weighted by atomic mass is 10.4. The molecule has 0 aliphatic rings. The molecule has 2 N–H and O–H groups in total. The highest BCUT2D eigenvalue weighted by Crippen LogP contribution is 1.96. The van der Waals surface area contributed by atoms with E-state index >= 15 is 0 Å². The van der Waals surface area contributed by atoms with Gasteiger partial charge in [0, 0.05) is 13.2 Å². The second kappa shape index (κ2) is 5.97. The van der Waals surface area contributed by atoms with Gasteiger partial charge in [0.25, 0.3) is 0 Å². The molecule has 92 valence electrons. The Morgan fingerprint density at radius 2 is 2.25 bits per heavy atom. The van der Waals surface area contributed by atoms with Crippen molar-refractivity contribution in [3.8, 4) is 0 Å². The van der Waals surface area contributed by atoms with E-state index in [-0.39, 0.29) is 12.3 Å². The first-order valence-corrected chi connectivity index (χ1v) is 6.79. The quantitative estimate of drug-likeness (QED) is 0.633. The second-order valence-corrected chi connectivity index (χ2v) is 5.50. The van der Waals surface area contributed by atoms with Crippen LogP contribution in [-0.4, -0.2) is 37.5 Å². The third kappa shape index (κ3) is 4.73. The summed E-state index contributed by atoms with van der Waals surface area (Å²) in [5.41, 5.74) is 0.722. The summed E-state index contributed by atoms with van der Waals surface area (Å²) < 4.78 is 27.2. The molecule has 0 fully saturated rings. The number of nitrogens with one attached hydrogen (secondary N) is 2. The number of hydrogen-bond acceptors (Lipinski definition) is 4. The van der Waals surface area contributed by atoms with Gasteiger partial charge in [-0.15, -0.1) is 0 Å². The monoisotopic (exact) mass is 246 g/mol. The molecular weight excluding hydrogens is 228 g/mol. The van der Waals surface area contributed by atoms with E-state index in [1.165, 1.54) is 0 Å². The summed E-state index contributed by atoms with van der Waals surface area (Å²) in [6.45, 7) is 0.952. The number of nitrogens with zero attached hydrogens (tertiary/aromatic N) is 2. The number of aromatic nitrogens is 2.